The number of carbonyl (C=O) groups excluding carboxylic acids is 3. The molecular formula is C26H42N4O5. The van der Waals surface area contributed by atoms with E-state index in [4.69, 9.17) is 9.47 Å². The third kappa shape index (κ3) is 11.4. The molecule has 1 unspecified atom stereocenters. The number of anilines is 1. The van der Waals surface area contributed by atoms with Gasteiger partial charge in [-0.15, -0.1) is 0 Å². The highest BCUT2D eigenvalue weighted by atomic mass is 16.6. The lowest BCUT2D eigenvalue weighted by atomic mass is 9.94. The highest BCUT2D eigenvalue weighted by Gasteiger charge is 2.29. The Hall–Kier alpha value is -2.84. The van der Waals surface area contributed by atoms with Crippen molar-refractivity contribution in [2.75, 3.05) is 18.4 Å². The van der Waals surface area contributed by atoms with Crippen LogP contribution in [0.1, 0.15) is 80.1 Å². The zero-order chi connectivity index (χ0) is 26.1. The summed E-state index contributed by atoms with van der Waals surface area (Å²) in [5.41, 5.74) is -1.60. The van der Waals surface area contributed by atoms with Crippen LogP contribution >= 0.6 is 0 Å². The Morgan fingerprint density at radius 3 is 2.34 bits per heavy atom. The third-order valence-electron chi connectivity index (χ3n) is 5.81. The molecule has 0 aliphatic carbocycles. The molecule has 196 valence electrons. The first-order valence-corrected chi connectivity index (χ1v) is 12.5. The Morgan fingerprint density at radius 1 is 1.09 bits per heavy atom. The third-order valence-corrected chi connectivity index (χ3v) is 5.81. The van der Waals surface area contributed by atoms with Gasteiger partial charge in [0.05, 0.1) is 0 Å². The van der Waals surface area contributed by atoms with Gasteiger partial charge in [-0.2, -0.15) is 0 Å². The van der Waals surface area contributed by atoms with Crippen molar-refractivity contribution in [2.24, 2.45) is 5.92 Å². The van der Waals surface area contributed by atoms with Crippen LogP contribution in [-0.2, 0) is 14.3 Å². The number of ether oxygens (including phenoxy) is 2. The summed E-state index contributed by atoms with van der Waals surface area (Å²) in [6.45, 7) is 12.6. The number of hydrogen-bond acceptors (Lipinski definition) is 7. The first-order chi connectivity index (χ1) is 16.3. The standard InChI is InChI=1S/C26H42N4O5/c1-19-13-16-30(17-14-19)22(31)12-9-10-20(28-21-11-7-8-15-27-21)18-26(5,6)35-24(33)29-23(32)34-25(2,3)4/h7-8,11,15,19-20H,9-10,12-14,16-18H2,1-6H3,(H,27,28)(H,29,32,33). The molecule has 1 fully saturated rings. The van der Waals surface area contributed by atoms with Gasteiger partial charge in [-0.3, -0.25) is 4.79 Å². The van der Waals surface area contributed by atoms with Gasteiger partial charge in [-0.1, -0.05) is 13.0 Å². The number of nitrogens with zero attached hydrogens (tertiary/aromatic N) is 2. The highest BCUT2D eigenvalue weighted by molar-refractivity contribution is 5.87. The minimum Gasteiger partial charge on any atom is -0.443 e. The smallest absolute Gasteiger partial charge is 0.417 e. The molecule has 3 amide bonds. The largest absolute Gasteiger partial charge is 0.443 e. The maximum atomic E-state index is 12.6. The molecule has 35 heavy (non-hydrogen) atoms. The fourth-order valence-corrected chi connectivity index (χ4v) is 4.10. The van der Waals surface area contributed by atoms with E-state index in [1.165, 1.54) is 0 Å². The molecule has 0 radical (unpaired) electrons. The summed E-state index contributed by atoms with van der Waals surface area (Å²) in [5.74, 6) is 1.59. The van der Waals surface area contributed by atoms with E-state index in [0.717, 1.165) is 25.9 Å². The molecular weight excluding hydrogens is 448 g/mol. The zero-order valence-corrected chi connectivity index (χ0v) is 22.1. The van der Waals surface area contributed by atoms with Gasteiger partial charge in [-0.05, 0) is 78.4 Å². The lowest BCUT2D eigenvalue weighted by molar-refractivity contribution is -0.132. The maximum absolute atomic E-state index is 12.6. The van der Waals surface area contributed by atoms with Crippen LogP contribution in [0.15, 0.2) is 24.4 Å². The topological polar surface area (TPSA) is 110 Å². The second-order valence-corrected chi connectivity index (χ2v) is 11.0. The molecule has 0 spiro atoms. The van der Waals surface area contributed by atoms with Gasteiger partial charge >= 0.3 is 12.2 Å². The van der Waals surface area contributed by atoms with Gasteiger partial charge in [0.2, 0.25) is 5.91 Å². The number of carbonyl (C=O) groups is 3. The summed E-state index contributed by atoms with van der Waals surface area (Å²) >= 11 is 0. The van der Waals surface area contributed by atoms with Crippen LogP contribution in [0.5, 0.6) is 0 Å². The summed E-state index contributed by atoms with van der Waals surface area (Å²) < 4.78 is 10.6. The van der Waals surface area contributed by atoms with Crippen LogP contribution in [0.2, 0.25) is 0 Å². The fraction of sp³-hybridized carbons (Fsp3) is 0.692. The quantitative estimate of drug-likeness (QED) is 0.494. The second kappa shape index (κ2) is 12.7. The molecule has 0 aromatic carbocycles. The van der Waals surface area contributed by atoms with E-state index in [2.05, 4.69) is 22.5 Å². The lowest BCUT2D eigenvalue weighted by Crippen LogP contribution is -2.42. The van der Waals surface area contributed by atoms with Crippen LogP contribution < -0.4 is 10.6 Å². The molecule has 9 nitrogen and oxygen atoms in total. The van der Waals surface area contributed by atoms with Crippen LogP contribution in [0.3, 0.4) is 0 Å². The number of piperidine rings is 1. The number of imide groups is 1. The minimum atomic E-state index is -0.883. The van der Waals surface area contributed by atoms with E-state index in [1.807, 2.05) is 23.1 Å². The van der Waals surface area contributed by atoms with Crippen molar-refractivity contribution in [3.8, 4) is 0 Å². The van der Waals surface area contributed by atoms with Gasteiger partial charge in [0.25, 0.3) is 0 Å². The predicted octanol–water partition coefficient (Wildman–Crippen LogP) is 5.12. The van der Waals surface area contributed by atoms with Crippen molar-refractivity contribution < 1.29 is 23.9 Å². The lowest BCUT2D eigenvalue weighted by Gasteiger charge is -2.32. The van der Waals surface area contributed by atoms with Crippen molar-refractivity contribution in [3.05, 3.63) is 24.4 Å². The normalized spacial score (nSPS) is 15.8. The number of amides is 3. The SMILES string of the molecule is CC1CCN(C(=O)CCCC(CC(C)(C)OC(=O)NC(=O)OC(C)(C)C)Nc2ccccn2)CC1. The second-order valence-electron chi connectivity index (χ2n) is 11.0. The number of aromatic nitrogens is 1. The van der Waals surface area contributed by atoms with Crippen LogP contribution in [0.4, 0.5) is 15.4 Å². The molecule has 2 rings (SSSR count). The number of likely N-dealkylation sites (tertiary alicyclic amines) is 1. The van der Waals surface area contributed by atoms with Crippen molar-refractivity contribution in [1.29, 1.82) is 0 Å². The molecule has 0 bridgehead atoms. The van der Waals surface area contributed by atoms with Crippen molar-refractivity contribution >= 4 is 23.9 Å². The van der Waals surface area contributed by atoms with E-state index >= 15 is 0 Å². The van der Waals surface area contributed by atoms with Gasteiger partial charge < -0.3 is 19.7 Å². The molecule has 1 saturated heterocycles. The molecule has 9 heteroatoms. The number of pyridine rings is 1. The Morgan fingerprint density at radius 2 is 1.74 bits per heavy atom. The van der Waals surface area contributed by atoms with E-state index in [9.17, 15) is 14.4 Å². The van der Waals surface area contributed by atoms with Crippen LogP contribution in [-0.4, -0.2) is 58.3 Å². The Bertz CT molecular complexity index is 830. The first kappa shape index (κ1) is 28.4. The molecule has 1 atom stereocenters. The number of rotatable bonds is 9. The van der Waals surface area contributed by atoms with E-state index in [0.29, 0.717) is 37.4 Å². The van der Waals surface area contributed by atoms with Crippen LogP contribution in [0.25, 0.3) is 0 Å². The molecule has 1 aromatic heterocycles. The van der Waals surface area contributed by atoms with Crippen molar-refractivity contribution in [1.82, 2.24) is 15.2 Å². The number of alkyl carbamates (subject to hydrolysis) is 2. The highest BCUT2D eigenvalue weighted by Crippen LogP contribution is 2.23. The van der Waals surface area contributed by atoms with Gasteiger partial charge in [0.15, 0.2) is 0 Å². The Labute approximate surface area is 209 Å². The zero-order valence-electron chi connectivity index (χ0n) is 22.1. The molecule has 0 saturated carbocycles. The summed E-state index contributed by atoms with van der Waals surface area (Å²) in [7, 11) is 0. The summed E-state index contributed by atoms with van der Waals surface area (Å²) in [4.78, 5) is 43.1. The van der Waals surface area contributed by atoms with Gasteiger partial charge in [0.1, 0.15) is 17.0 Å². The van der Waals surface area contributed by atoms with Crippen molar-refractivity contribution in [2.45, 2.75) is 97.3 Å². The summed E-state index contributed by atoms with van der Waals surface area (Å²) in [6.07, 6.45) is 4.45. The number of hydrogen-bond donors (Lipinski definition) is 2. The monoisotopic (exact) mass is 490 g/mol. The Balaban J connectivity index is 1.92. The fourth-order valence-electron chi connectivity index (χ4n) is 4.10. The van der Waals surface area contributed by atoms with E-state index in [-0.39, 0.29) is 11.9 Å². The van der Waals surface area contributed by atoms with Gasteiger partial charge in [-0.25, -0.2) is 19.9 Å². The van der Waals surface area contributed by atoms with Gasteiger partial charge in [0, 0.05) is 38.2 Å². The summed E-state index contributed by atoms with van der Waals surface area (Å²) in [6, 6.07) is 5.51. The average Bonchev–Trinajstić information content (AvgIpc) is 2.72. The number of nitrogens with one attached hydrogen (secondary N) is 2. The minimum absolute atomic E-state index is 0.0941. The molecule has 2 heterocycles. The predicted molar refractivity (Wildman–Crippen MR) is 135 cm³/mol. The molecule has 1 aromatic rings. The van der Waals surface area contributed by atoms with E-state index < -0.39 is 23.4 Å². The molecule has 2 N–H and O–H groups in total. The molecule has 1 aliphatic rings. The summed E-state index contributed by atoms with van der Waals surface area (Å²) in [5, 5.41) is 5.51. The Kier molecular flexibility index (Phi) is 10.3. The van der Waals surface area contributed by atoms with Crippen LogP contribution in [0, 0.1) is 5.92 Å². The maximum Gasteiger partial charge on any atom is 0.417 e. The first-order valence-electron chi connectivity index (χ1n) is 12.5. The van der Waals surface area contributed by atoms with Crippen molar-refractivity contribution in [3.63, 3.8) is 0 Å². The van der Waals surface area contributed by atoms with E-state index in [1.54, 1.807) is 40.8 Å². The molecule has 1 aliphatic heterocycles. The average molecular weight is 491 g/mol.